The van der Waals surface area contributed by atoms with E-state index in [4.69, 9.17) is 0 Å². The SMILES string of the molecule is O=C(O)c1cccc2c1c1c(=O)oc(=O)c1c1c(=O)oc(=O)c21. The fraction of sp³-hybridized carbons (Fsp3) is 0. The second-order valence-corrected chi connectivity index (χ2v) is 4.89. The first-order valence-corrected chi connectivity index (χ1v) is 6.30. The zero-order chi connectivity index (χ0) is 16.5. The Morgan fingerprint density at radius 2 is 1.22 bits per heavy atom. The molecule has 112 valence electrons. The maximum Gasteiger partial charge on any atom is 0.347 e. The number of carbonyl (C=O) groups is 1. The summed E-state index contributed by atoms with van der Waals surface area (Å²) in [5.41, 5.74) is -4.56. The molecule has 1 N–H and O–H groups in total. The first-order valence-electron chi connectivity index (χ1n) is 6.30. The van der Waals surface area contributed by atoms with Gasteiger partial charge in [0.05, 0.1) is 27.1 Å². The smallest absolute Gasteiger partial charge is 0.347 e. The highest BCUT2D eigenvalue weighted by Gasteiger charge is 2.26. The molecule has 0 aliphatic rings. The van der Waals surface area contributed by atoms with Crippen LogP contribution in [0, 0.1) is 0 Å². The molecule has 2 aromatic heterocycles. The molecule has 0 aliphatic heterocycles. The van der Waals surface area contributed by atoms with Gasteiger partial charge in [-0.25, -0.2) is 24.0 Å². The number of aromatic carboxylic acids is 1. The van der Waals surface area contributed by atoms with Gasteiger partial charge < -0.3 is 13.9 Å². The molecule has 0 amide bonds. The summed E-state index contributed by atoms with van der Waals surface area (Å²) < 4.78 is 9.00. The summed E-state index contributed by atoms with van der Waals surface area (Å²) in [6.07, 6.45) is 0. The van der Waals surface area contributed by atoms with Gasteiger partial charge in [0.1, 0.15) is 0 Å². The van der Waals surface area contributed by atoms with Gasteiger partial charge >= 0.3 is 28.5 Å². The van der Waals surface area contributed by atoms with Gasteiger partial charge in [0.2, 0.25) is 0 Å². The second kappa shape index (κ2) is 4.01. The lowest BCUT2D eigenvalue weighted by molar-refractivity contribution is 0.0699. The minimum Gasteiger partial charge on any atom is -0.478 e. The van der Waals surface area contributed by atoms with Gasteiger partial charge in [-0.1, -0.05) is 12.1 Å². The molecule has 2 aromatic carbocycles. The highest BCUT2D eigenvalue weighted by Crippen LogP contribution is 2.31. The highest BCUT2D eigenvalue weighted by molar-refractivity contribution is 6.28. The van der Waals surface area contributed by atoms with Crippen LogP contribution < -0.4 is 22.5 Å². The van der Waals surface area contributed by atoms with Crippen molar-refractivity contribution >= 4 is 38.3 Å². The van der Waals surface area contributed by atoms with Crippen LogP contribution in [0.15, 0.2) is 46.2 Å². The van der Waals surface area contributed by atoms with E-state index in [1.165, 1.54) is 18.2 Å². The molecule has 0 bridgehead atoms. The van der Waals surface area contributed by atoms with Gasteiger partial charge in [0.15, 0.2) is 0 Å². The van der Waals surface area contributed by atoms with Crippen molar-refractivity contribution in [2.24, 2.45) is 0 Å². The Morgan fingerprint density at radius 1 is 0.739 bits per heavy atom. The van der Waals surface area contributed by atoms with Crippen LogP contribution in [0.2, 0.25) is 0 Å². The summed E-state index contributed by atoms with van der Waals surface area (Å²) in [4.78, 5) is 59.1. The summed E-state index contributed by atoms with van der Waals surface area (Å²) in [5, 5.41) is 7.86. The van der Waals surface area contributed by atoms with E-state index >= 15 is 0 Å². The van der Waals surface area contributed by atoms with E-state index in [1.807, 2.05) is 0 Å². The number of furan rings is 2. The minimum atomic E-state index is -1.36. The van der Waals surface area contributed by atoms with Gasteiger partial charge in [-0.05, 0) is 11.5 Å². The van der Waals surface area contributed by atoms with Crippen molar-refractivity contribution in [3.8, 4) is 0 Å². The summed E-state index contributed by atoms with van der Waals surface area (Å²) >= 11 is 0. The third-order valence-electron chi connectivity index (χ3n) is 3.75. The van der Waals surface area contributed by atoms with E-state index in [0.29, 0.717) is 0 Å². The van der Waals surface area contributed by atoms with Crippen LogP contribution >= 0.6 is 0 Å². The maximum absolute atomic E-state index is 12.0. The topological polar surface area (TPSA) is 132 Å². The molecule has 23 heavy (non-hydrogen) atoms. The highest BCUT2D eigenvalue weighted by atomic mass is 16.4. The lowest BCUT2D eigenvalue weighted by Crippen LogP contribution is -2.03. The fourth-order valence-electron chi connectivity index (χ4n) is 2.91. The summed E-state index contributed by atoms with van der Waals surface area (Å²) in [5.74, 6) is -1.36. The van der Waals surface area contributed by atoms with Crippen LogP contribution in [-0.2, 0) is 0 Å². The molecule has 0 fully saturated rings. The number of hydrogen-bond acceptors (Lipinski definition) is 7. The van der Waals surface area contributed by atoms with Crippen LogP contribution in [-0.4, -0.2) is 11.1 Å². The molecule has 0 saturated carbocycles. The Kier molecular flexibility index (Phi) is 2.29. The summed E-state index contributed by atoms with van der Waals surface area (Å²) in [6, 6.07) is 3.95. The normalized spacial score (nSPS) is 11.7. The van der Waals surface area contributed by atoms with Crippen LogP contribution in [0.1, 0.15) is 10.4 Å². The summed E-state index contributed by atoms with van der Waals surface area (Å²) in [7, 11) is 0. The second-order valence-electron chi connectivity index (χ2n) is 4.89. The number of rotatable bonds is 1. The monoisotopic (exact) mass is 312 g/mol. The number of hydrogen-bond donors (Lipinski definition) is 1. The third-order valence-corrected chi connectivity index (χ3v) is 3.75. The van der Waals surface area contributed by atoms with E-state index < -0.39 is 33.9 Å². The zero-order valence-electron chi connectivity index (χ0n) is 11.0. The molecule has 0 spiro atoms. The maximum atomic E-state index is 12.0. The van der Waals surface area contributed by atoms with Crippen LogP contribution in [0.5, 0.6) is 0 Å². The third kappa shape index (κ3) is 1.46. The molecule has 0 radical (unpaired) electrons. The van der Waals surface area contributed by atoms with Crippen LogP contribution in [0.3, 0.4) is 0 Å². The predicted octanol–water partition coefficient (Wildman–Crippen LogP) is 0.347. The first kappa shape index (κ1) is 13.1. The van der Waals surface area contributed by atoms with Crippen molar-refractivity contribution in [2.75, 3.05) is 0 Å². The van der Waals surface area contributed by atoms with Gasteiger partial charge in [0, 0.05) is 5.39 Å². The molecular weight excluding hydrogens is 308 g/mol. The average Bonchev–Trinajstić information content (AvgIpc) is 2.95. The Balaban J connectivity index is 2.63. The number of carboxylic acids is 1. The minimum absolute atomic E-state index is 0.0427. The van der Waals surface area contributed by atoms with Gasteiger partial charge in [-0.15, -0.1) is 0 Å². The van der Waals surface area contributed by atoms with Crippen molar-refractivity contribution in [1.29, 1.82) is 0 Å². The molecule has 0 unspecified atom stereocenters. The Hall–Kier alpha value is -3.55. The van der Waals surface area contributed by atoms with Gasteiger partial charge in [-0.2, -0.15) is 0 Å². The standard InChI is InChI=1S/C15H4O8/c16-11(17)5-3-1-2-4-6(5)8-10(15(21)23-13(8)19)9-7(4)12(18)22-14(9)20/h1-3H,(H,16,17). The fourth-order valence-corrected chi connectivity index (χ4v) is 2.91. The van der Waals surface area contributed by atoms with Crippen molar-refractivity contribution < 1.29 is 18.7 Å². The molecule has 8 nitrogen and oxygen atoms in total. The average molecular weight is 312 g/mol. The van der Waals surface area contributed by atoms with E-state index in [-0.39, 0.29) is 32.5 Å². The Bertz CT molecular complexity index is 1360. The van der Waals surface area contributed by atoms with Gasteiger partial charge in [0.25, 0.3) is 0 Å². The van der Waals surface area contributed by atoms with Gasteiger partial charge in [-0.3, -0.25) is 0 Å². The van der Waals surface area contributed by atoms with Crippen molar-refractivity contribution in [3.05, 3.63) is 65.4 Å². The molecule has 0 aliphatic carbocycles. The quantitative estimate of drug-likeness (QED) is 0.532. The van der Waals surface area contributed by atoms with Crippen molar-refractivity contribution in [1.82, 2.24) is 0 Å². The van der Waals surface area contributed by atoms with E-state index in [0.717, 1.165) is 0 Å². The molecule has 4 aromatic rings. The molecule has 8 heteroatoms. The number of fused-ring (bicyclic) bond motifs is 6. The molecule has 0 atom stereocenters. The van der Waals surface area contributed by atoms with Crippen LogP contribution in [0.25, 0.3) is 32.3 Å². The Labute approximate surface area is 123 Å². The lowest BCUT2D eigenvalue weighted by Gasteiger charge is -2.03. The molecular formula is C15H4O8. The largest absolute Gasteiger partial charge is 0.478 e. The van der Waals surface area contributed by atoms with E-state index in [1.54, 1.807) is 0 Å². The van der Waals surface area contributed by atoms with Crippen molar-refractivity contribution in [3.63, 3.8) is 0 Å². The van der Waals surface area contributed by atoms with E-state index in [9.17, 15) is 29.1 Å². The lowest BCUT2D eigenvalue weighted by atomic mass is 9.95. The summed E-state index contributed by atoms with van der Waals surface area (Å²) in [6.45, 7) is 0. The first-order chi connectivity index (χ1) is 10.9. The predicted molar refractivity (Wildman–Crippen MR) is 77.9 cm³/mol. The van der Waals surface area contributed by atoms with Crippen molar-refractivity contribution in [2.45, 2.75) is 0 Å². The molecule has 2 heterocycles. The van der Waals surface area contributed by atoms with E-state index in [2.05, 4.69) is 8.83 Å². The molecule has 4 rings (SSSR count). The number of carboxylic acid groups (broad SMARTS) is 1. The molecule has 0 saturated heterocycles. The Morgan fingerprint density at radius 3 is 1.78 bits per heavy atom. The number of benzene rings is 2. The zero-order valence-corrected chi connectivity index (χ0v) is 11.0. The van der Waals surface area contributed by atoms with Crippen LogP contribution in [0.4, 0.5) is 0 Å².